The number of hydrogen-bond donors (Lipinski definition) is 1. The monoisotopic (exact) mass is 275 g/mol. The summed E-state index contributed by atoms with van der Waals surface area (Å²) in [5, 5.41) is 2.90. The summed E-state index contributed by atoms with van der Waals surface area (Å²) in [5.74, 6) is 0. The van der Waals surface area contributed by atoms with Crippen molar-refractivity contribution in [2.24, 2.45) is 0 Å². The molecule has 0 saturated carbocycles. The molecule has 0 unspecified atom stereocenters. The smallest absolute Gasteiger partial charge is 0.408 e. The van der Waals surface area contributed by atoms with Gasteiger partial charge in [0.1, 0.15) is 11.7 Å². The highest BCUT2D eigenvalue weighted by molar-refractivity contribution is 5.70. The van der Waals surface area contributed by atoms with Gasteiger partial charge in [-0.2, -0.15) is 0 Å². The molecule has 20 heavy (non-hydrogen) atoms. The fraction of sp³-hybridized carbons (Fsp3) is 0.438. The van der Waals surface area contributed by atoms with Gasteiger partial charge in [0.25, 0.3) is 0 Å². The first-order valence-electron chi connectivity index (χ1n) is 6.70. The van der Waals surface area contributed by atoms with Crippen LogP contribution in [0.2, 0.25) is 0 Å². The lowest BCUT2D eigenvalue weighted by molar-refractivity contribution is 0.0411. The molecule has 0 heterocycles. The number of rotatable bonds is 2. The van der Waals surface area contributed by atoms with Crippen LogP contribution in [-0.4, -0.2) is 24.9 Å². The van der Waals surface area contributed by atoms with Crippen molar-refractivity contribution < 1.29 is 14.3 Å². The number of fused-ring (bicyclic) bond motifs is 1. The average Bonchev–Trinajstić information content (AvgIpc) is 2.37. The van der Waals surface area contributed by atoms with Crippen LogP contribution >= 0.6 is 0 Å². The van der Waals surface area contributed by atoms with Gasteiger partial charge in [0.2, 0.25) is 0 Å². The molecule has 2 rings (SSSR count). The second kappa shape index (κ2) is 5.67. The summed E-state index contributed by atoms with van der Waals surface area (Å²) in [6, 6.07) is 7.69. The van der Waals surface area contributed by atoms with E-state index in [9.17, 15) is 4.79 Å². The van der Waals surface area contributed by atoms with E-state index in [2.05, 4.69) is 5.32 Å². The SMILES string of the molecule is CO[C@H]1C=Cc2ccccc2[C@H]1NC(=O)OC(C)(C)C. The zero-order chi connectivity index (χ0) is 14.8. The van der Waals surface area contributed by atoms with Crippen molar-refractivity contribution in [2.75, 3.05) is 7.11 Å². The van der Waals surface area contributed by atoms with Gasteiger partial charge < -0.3 is 14.8 Å². The standard InChI is InChI=1S/C16H21NO3/c1-16(2,3)20-15(18)17-14-12-8-6-5-7-11(12)9-10-13(14)19-4/h5-10,13-14H,1-4H3,(H,17,18)/t13-,14+/m0/s1. The number of nitrogens with one attached hydrogen (secondary N) is 1. The Labute approximate surface area is 119 Å². The molecule has 0 radical (unpaired) electrons. The van der Waals surface area contributed by atoms with E-state index >= 15 is 0 Å². The molecule has 4 nitrogen and oxygen atoms in total. The maximum absolute atomic E-state index is 12.0. The third-order valence-electron chi connectivity index (χ3n) is 3.07. The molecule has 0 spiro atoms. The maximum Gasteiger partial charge on any atom is 0.408 e. The highest BCUT2D eigenvalue weighted by atomic mass is 16.6. The molecule has 108 valence electrons. The summed E-state index contributed by atoms with van der Waals surface area (Å²) >= 11 is 0. The highest BCUT2D eigenvalue weighted by Crippen LogP contribution is 2.29. The van der Waals surface area contributed by atoms with Crippen LogP contribution in [0.4, 0.5) is 4.79 Å². The van der Waals surface area contributed by atoms with Crippen molar-refractivity contribution in [3.05, 3.63) is 41.5 Å². The van der Waals surface area contributed by atoms with Crippen LogP contribution in [0.25, 0.3) is 6.08 Å². The molecule has 0 saturated heterocycles. The summed E-state index contributed by atoms with van der Waals surface area (Å²) in [5.41, 5.74) is 1.60. The summed E-state index contributed by atoms with van der Waals surface area (Å²) in [6.07, 6.45) is 3.33. The molecule has 1 aromatic carbocycles. The van der Waals surface area contributed by atoms with E-state index in [0.29, 0.717) is 0 Å². The topological polar surface area (TPSA) is 47.6 Å². The average molecular weight is 275 g/mol. The Morgan fingerprint density at radius 1 is 1.25 bits per heavy atom. The lowest BCUT2D eigenvalue weighted by Crippen LogP contribution is -2.40. The lowest BCUT2D eigenvalue weighted by Gasteiger charge is -2.30. The molecule has 1 aliphatic rings. The van der Waals surface area contributed by atoms with E-state index in [1.165, 1.54) is 0 Å². The summed E-state index contributed by atoms with van der Waals surface area (Å²) in [7, 11) is 1.63. The Morgan fingerprint density at radius 3 is 2.60 bits per heavy atom. The predicted octanol–water partition coefficient (Wildman–Crippen LogP) is 3.29. The Balaban J connectivity index is 2.20. The van der Waals surface area contributed by atoms with Gasteiger partial charge in [-0.05, 0) is 31.9 Å². The van der Waals surface area contributed by atoms with Gasteiger partial charge in [0.05, 0.1) is 6.04 Å². The largest absolute Gasteiger partial charge is 0.444 e. The van der Waals surface area contributed by atoms with E-state index in [-0.39, 0.29) is 12.1 Å². The first-order chi connectivity index (χ1) is 9.40. The Morgan fingerprint density at radius 2 is 1.95 bits per heavy atom. The third kappa shape index (κ3) is 3.39. The molecule has 0 bridgehead atoms. The van der Waals surface area contributed by atoms with Crippen molar-refractivity contribution in [2.45, 2.75) is 38.5 Å². The number of benzene rings is 1. The fourth-order valence-corrected chi connectivity index (χ4v) is 2.24. The molecule has 1 aliphatic carbocycles. The highest BCUT2D eigenvalue weighted by Gasteiger charge is 2.29. The predicted molar refractivity (Wildman–Crippen MR) is 78.4 cm³/mol. The molecule has 0 aromatic heterocycles. The van der Waals surface area contributed by atoms with E-state index in [0.717, 1.165) is 11.1 Å². The molecule has 1 N–H and O–H groups in total. The van der Waals surface area contributed by atoms with E-state index in [4.69, 9.17) is 9.47 Å². The number of ether oxygens (including phenoxy) is 2. The number of amides is 1. The number of carbonyl (C=O) groups is 1. The first-order valence-corrected chi connectivity index (χ1v) is 6.70. The molecule has 0 aliphatic heterocycles. The second-order valence-electron chi connectivity index (χ2n) is 5.81. The fourth-order valence-electron chi connectivity index (χ4n) is 2.24. The van der Waals surface area contributed by atoms with E-state index in [1.54, 1.807) is 7.11 Å². The molecule has 2 atom stereocenters. The van der Waals surface area contributed by atoms with Crippen LogP contribution in [0.15, 0.2) is 30.3 Å². The minimum atomic E-state index is -0.517. The minimum absolute atomic E-state index is 0.197. The number of hydrogen-bond acceptors (Lipinski definition) is 3. The van der Waals surface area contributed by atoms with Crippen LogP contribution in [0.3, 0.4) is 0 Å². The zero-order valence-corrected chi connectivity index (χ0v) is 12.3. The number of methoxy groups -OCH3 is 1. The zero-order valence-electron chi connectivity index (χ0n) is 12.3. The Bertz CT molecular complexity index is 517. The third-order valence-corrected chi connectivity index (χ3v) is 3.07. The molecule has 0 fully saturated rings. The summed E-state index contributed by atoms with van der Waals surface area (Å²) < 4.78 is 10.8. The van der Waals surface area contributed by atoms with Gasteiger partial charge in [0, 0.05) is 7.11 Å². The maximum atomic E-state index is 12.0. The number of alkyl carbamates (subject to hydrolysis) is 1. The lowest BCUT2D eigenvalue weighted by atomic mass is 9.91. The van der Waals surface area contributed by atoms with Gasteiger partial charge >= 0.3 is 6.09 Å². The van der Waals surface area contributed by atoms with Crippen LogP contribution < -0.4 is 5.32 Å². The quantitative estimate of drug-likeness (QED) is 0.901. The van der Waals surface area contributed by atoms with E-state index in [1.807, 2.05) is 57.2 Å². The normalized spacial score (nSPS) is 21.2. The Kier molecular flexibility index (Phi) is 4.14. The van der Waals surface area contributed by atoms with Gasteiger partial charge in [-0.25, -0.2) is 4.79 Å². The van der Waals surface area contributed by atoms with Crippen LogP contribution in [0.5, 0.6) is 0 Å². The molecular formula is C16H21NO3. The van der Waals surface area contributed by atoms with Crippen molar-refractivity contribution in [3.63, 3.8) is 0 Å². The Hall–Kier alpha value is -1.81. The van der Waals surface area contributed by atoms with Crippen molar-refractivity contribution >= 4 is 12.2 Å². The van der Waals surface area contributed by atoms with Crippen molar-refractivity contribution in [3.8, 4) is 0 Å². The van der Waals surface area contributed by atoms with Crippen LogP contribution in [0.1, 0.15) is 37.9 Å². The molecular weight excluding hydrogens is 254 g/mol. The van der Waals surface area contributed by atoms with Gasteiger partial charge in [-0.15, -0.1) is 0 Å². The van der Waals surface area contributed by atoms with E-state index < -0.39 is 11.7 Å². The van der Waals surface area contributed by atoms with Crippen molar-refractivity contribution in [1.82, 2.24) is 5.32 Å². The summed E-state index contributed by atoms with van der Waals surface area (Å²) in [6.45, 7) is 5.53. The molecule has 4 heteroatoms. The van der Waals surface area contributed by atoms with Gasteiger partial charge in [0.15, 0.2) is 0 Å². The second-order valence-corrected chi connectivity index (χ2v) is 5.81. The van der Waals surface area contributed by atoms with Gasteiger partial charge in [-0.1, -0.05) is 36.4 Å². The first kappa shape index (κ1) is 14.6. The molecule has 1 amide bonds. The number of carbonyl (C=O) groups excluding carboxylic acids is 1. The van der Waals surface area contributed by atoms with Crippen LogP contribution in [-0.2, 0) is 9.47 Å². The minimum Gasteiger partial charge on any atom is -0.444 e. The van der Waals surface area contributed by atoms with Crippen LogP contribution in [0, 0.1) is 0 Å². The molecule has 1 aromatic rings. The van der Waals surface area contributed by atoms with Crippen molar-refractivity contribution in [1.29, 1.82) is 0 Å². The van der Waals surface area contributed by atoms with Gasteiger partial charge in [-0.3, -0.25) is 0 Å². The summed E-state index contributed by atoms with van der Waals surface area (Å²) in [4.78, 5) is 12.0.